The maximum atomic E-state index is 13.5. The van der Waals surface area contributed by atoms with Crippen molar-refractivity contribution in [3.05, 3.63) is 78.1 Å². The van der Waals surface area contributed by atoms with Crippen LogP contribution in [0.1, 0.15) is 19.4 Å². The lowest BCUT2D eigenvalue weighted by Crippen LogP contribution is -2.48. The molecule has 0 saturated carbocycles. The van der Waals surface area contributed by atoms with Crippen molar-refractivity contribution in [3.63, 3.8) is 0 Å². The minimum absolute atomic E-state index is 0.0106. The monoisotopic (exact) mass is 649 g/mol. The molecule has 1 aliphatic rings. The Balaban J connectivity index is 1.67. The molecule has 3 atom stereocenters. The number of hydrogen-bond donors (Lipinski definition) is 2. The molecule has 1 amide bonds. The molecule has 0 fully saturated rings. The highest BCUT2D eigenvalue weighted by Crippen LogP contribution is 2.31. The topological polar surface area (TPSA) is 143 Å². The summed E-state index contributed by atoms with van der Waals surface area (Å²) in [4.78, 5) is 14.9. The van der Waals surface area contributed by atoms with E-state index in [1.54, 1.807) is 6.92 Å². The van der Waals surface area contributed by atoms with E-state index in [9.17, 15) is 31.1 Å². The van der Waals surface area contributed by atoms with Crippen LogP contribution >= 0.6 is 0 Å². The van der Waals surface area contributed by atoms with Crippen molar-refractivity contribution in [2.24, 2.45) is 5.92 Å². The third kappa shape index (κ3) is 7.49. The number of aliphatic hydroxyl groups excluding tert-OH is 1. The summed E-state index contributed by atoms with van der Waals surface area (Å²) in [5.41, 5.74) is 0.570. The number of rotatable bonds is 10. The summed E-state index contributed by atoms with van der Waals surface area (Å²) < 4.78 is 81.2. The van der Waals surface area contributed by atoms with Crippen LogP contribution in [-0.4, -0.2) is 83.1 Å². The van der Waals surface area contributed by atoms with E-state index < -0.39 is 43.9 Å². The van der Waals surface area contributed by atoms with Crippen LogP contribution < -0.4 is 14.2 Å². The molecule has 44 heavy (non-hydrogen) atoms. The van der Waals surface area contributed by atoms with Gasteiger partial charge in [-0.25, -0.2) is 21.2 Å². The van der Waals surface area contributed by atoms with E-state index in [0.717, 1.165) is 16.4 Å². The number of hydrogen-bond acceptors (Lipinski definition) is 8. The second-order valence-corrected chi connectivity index (χ2v) is 14.5. The number of fused-ring (bicyclic) bond motifs is 1. The molecule has 0 bridgehead atoms. The zero-order chi connectivity index (χ0) is 32.2. The maximum absolute atomic E-state index is 13.5. The second kappa shape index (κ2) is 13.5. The molecule has 1 heterocycles. The van der Waals surface area contributed by atoms with E-state index in [4.69, 9.17) is 9.47 Å². The van der Waals surface area contributed by atoms with Crippen molar-refractivity contribution < 1.29 is 40.6 Å². The van der Waals surface area contributed by atoms with Crippen LogP contribution in [0.3, 0.4) is 0 Å². The van der Waals surface area contributed by atoms with Gasteiger partial charge in [-0.2, -0.15) is 4.31 Å². The predicted octanol–water partition coefficient (Wildman–Crippen LogP) is 3.10. The first-order valence-corrected chi connectivity index (χ1v) is 16.8. The summed E-state index contributed by atoms with van der Waals surface area (Å²) in [5.74, 6) is -0.485. The number of nitrogens with zero attached hydrogens (tertiary/aromatic N) is 2. The van der Waals surface area contributed by atoms with Gasteiger partial charge in [-0.05, 0) is 73.7 Å². The summed E-state index contributed by atoms with van der Waals surface area (Å²) in [6.45, 7) is 3.28. The van der Waals surface area contributed by atoms with E-state index >= 15 is 0 Å². The highest BCUT2D eigenvalue weighted by molar-refractivity contribution is 7.92. The summed E-state index contributed by atoms with van der Waals surface area (Å²) in [5, 5.41) is 9.87. The smallest absolute Gasteiger partial charge is 0.261 e. The average molecular weight is 650 g/mol. The van der Waals surface area contributed by atoms with Crippen molar-refractivity contribution in [1.82, 2.24) is 9.21 Å². The van der Waals surface area contributed by atoms with Crippen molar-refractivity contribution in [3.8, 4) is 11.5 Å². The van der Waals surface area contributed by atoms with Gasteiger partial charge in [0.15, 0.2) is 0 Å². The van der Waals surface area contributed by atoms with Gasteiger partial charge < -0.3 is 19.5 Å². The van der Waals surface area contributed by atoms with Crippen LogP contribution in [0.25, 0.3) is 0 Å². The Labute approximate surface area is 257 Å². The van der Waals surface area contributed by atoms with E-state index in [1.807, 2.05) is 6.92 Å². The largest absolute Gasteiger partial charge is 0.497 e. The number of ether oxygens (including phenoxy) is 2. The summed E-state index contributed by atoms with van der Waals surface area (Å²) in [6.07, 6.45) is -0.906. The third-order valence-electron chi connectivity index (χ3n) is 7.50. The molecule has 0 aliphatic carbocycles. The quantitative estimate of drug-likeness (QED) is 0.341. The van der Waals surface area contributed by atoms with E-state index in [0.29, 0.717) is 11.3 Å². The molecule has 3 aromatic carbocycles. The van der Waals surface area contributed by atoms with Gasteiger partial charge in [0.2, 0.25) is 15.9 Å². The Morgan fingerprint density at radius 2 is 1.70 bits per heavy atom. The molecule has 0 radical (unpaired) electrons. The number of carbonyl (C=O) groups excluding carboxylic acids is 1. The first kappa shape index (κ1) is 33.2. The van der Waals surface area contributed by atoms with Gasteiger partial charge >= 0.3 is 0 Å². The van der Waals surface area contributed by atoms with Crippen molar-refractivity contribution in [2.45, 2.75) is 42.2 Å². The highest BCUT2D eigenvalue weighted by atomic mass is 32.2. The molecule has 2 N–H and O–H groups in total. The number of amides is 1. The standard InChI is InChI=1S/C30H36FN3O8S2/c1-20-17-34(21(2)19-35)30(36)16-22-15-24(32-43(37,38)26-12-8-25(41-4)9-13-26)7-14-28(22)42-29(20)18-33(3)44(39,40)27-10-5-23(31)6-11-27/h5-15,20-21,29,32,35H,16-19H2,1-4H3/t20-,21+,29-/m1/s1. The number of carbonyl (C=O) groups is 1. The number of likely N-dealkylation sites (N-methyl/N-ethyl adjacent to an activating group) is 1. The Bertz CT molecular complexity index is 1680. The molecule has 0 aromatic heterocycles. The van der Waals surface area contributed by atoms with Gasteiger partial charge in [0.05, 0.1) is 42.5 Å². The zero-order valence-electron chi connectivity index (χ0n) is 24.8. The van der Waals surface area contributed by atoms with Crippen LogP contribution in [0.4, 0.5) is 10.1 Å². The molecule has 1 aliphatic heterocycles. The Kier molecular flexibility index (Phi) is 10.2. The summed E-state index contributed by atoms with van der Waals surface area (Å²) in [6, 6.07) is 14.4. The molecule has 4 rings (SSSR count). The summed E-state index contributed by atoms with van der Waals surface area (Å²) in [7, 11) is -5.13. The SMILES string of the molecule is COc1ccc(S(=O)(=O)Nc2ccc3c(c2)CC(=O)N([C@@H](C)CO)C[C@@H](C)[C@@H](CN(C)S(=O)(=O)c2ccc(F)cc2)O3)cc1. The average Bonchev–Trinajstić information content (AvgIpc) is 3.04. The number of anilines is 1. The van der Waals surface area contributed by atoms with Gasteiger partial charge in [-0.3, -0.25) is 9.52 Å². The molecular weight excluding hydrogens is 613 g/mol. The first-order chi connectivity index (χ1) is 20.7. The molecule has 14 heteroatoms. The fourth-order valence-electron chi connectivity index (χ4n) is 4.82. The number of halogens is 1. The minimum Gasteiger partial charge on any atom is -0.497 e. The van der Waals surface area contributed by atoms with E-state index in [-0.39, 0.29) is 53.3 Å². The molecular formula is C30H36FN3O8S2. The third-order valence-corrected chi connectivity index (χ3v) is 10.7. The van der Waals surface area contributed by atoms with Crippen molar-refractivity contribution in [2.75, 3.05) is 38.6 Å². The minimum atomic E-state index is -4.01. The molecule has 0 unspecified atom stereocenters. The van der Waals surface area contributed by atoms with Crippen LogP contribution in [0.5, 0.6) is 11.5 Å². The lowest BCUT2D eigenvalue weighted by molar-refractivity contribution is -0.134. The molecule has 238 valence electrons. The van der Waals surface area contributed by atoms with Gasteiger partial charge in [-0.15, -0.1) is 0 Å². The van der Waals surface area contributed by atoms with Gasteiger partial charge in [-0.1, -0.05) is 6.92 Å². The molecule has 3 aromatic rings. The van der Waals surface area contributed by atoms with Crippen molar-refractivity contribution >= 4 is 31.6 Å². The highest BCUT2D eigenvalue weighted by Gasteiger charge is 2.33. The lowest BCUT2D eigenvalue weighted by atomic mass is 10.0. The first-order valence-electron chi connectivity index (χ1n) is 13.8. The Hall–Kier alpha value is -3.72. The Morgan fingerprint density at radius 3 is 2.32 bits per heavy atom. The number of aliphatic hydroxyl groups is 1. The van der Waals surface area contributed by atoms with E-state index in [2.05, 4.69) is 4.72 Å². The van der Waals surface area contributed by atoms with Crippen molar-refractivity contribution in [1.29, 1.82) is 0 Å². The zero-order valence-corrected chi connectivity index (χ0v) is 26.4. The van der Waals surface area contributed by atoms with Crippen LogP contribution in [-0.2, 0) is 31.3 Å². The van der Waals surface area contributed by atoms with Gasteiger partial charge in [0, 0.05) is 30.8 Å². The number of methoxy groups -OCH3 is 1. The number of benzene rings is 3. The normalized spacial score (nSPS) is 18.4. The second-order valence-electron chi connectivity index (χ2n) is 10.7. The lowest BCUT2D eigenvalue weighted by Gasteiger charge is -2.33. The molecule has 11 nitrogen and oxygen atoms in total. The summed E-state index contributed by atoms with van der Waals surface area (Å²) >= 11 is 0. The van der Waals surface area contributed by atoms with Crippen LogP contribution in [0.15, 0.2) is 76.5 Å². The maximum Gasteiger partial charge on any atom is 0.261 e. The fourth-order valence-corrected chi connectivity index (χ4v) is 7.05. The fraction of sp³-hybridized carbons (Fsp3) is 0.367. The van der Waals surface area contributed by atoms with E-state index in [1.165, 1.54) is 73.7 Å². The van der Waals surface area contributed by atoms with Crippen LogP contribution in [0.2, 0.25) is 0 Å². The molecule has 0 spiro atoms. The van der Waals surface area contributed by atoms with Crippen LogP contribution in [0, 0.1) is 11.7 Å². The molecule has 0 saturated heterocycles. The predicted molar refractivity (Wildman–Crippen MR) is 162 cm³/mol. The van der Waals surface area contributed by atoms with Gasteiger partial charge in [0.25, 0.3) is 10.0 Å². The van der Waals surface area contributed by atoms with Gasteiger partial charge in [0.1, 0.15) is 23.4 Å². The number of nitrogens with one attached hydrogen (secondary N) is 1. The Morgan fingerprint density at radius 1 is 1.07 bits per heavy atom. The number of sulfonamides is 2.